The van der Waals surface area contributed by atoms with Crippen LogP contribution >= 0.6 is 11.8 Å². The van der Waals surface area contributed by atoms with Gasteiger partial charge in [-0.05, 0) is 12.8 Å². The number of rotatable bonds is 5. The van der Waals surface area contributed by atoms with Gasteiger partial charge in [0.25, 0.3) is 0 Å². The molecule has 0 spiro atoms. The average Bonchev–Trinajstić information content (AvgIpc) is 2.95. The van der Waals surface area contributed by atoms with Gasteiger partial charge in [0, 0.05) is 5.25 Å². The summed E-state index contributed by atoms with van der Waals surface area (Å²) in [6, 6.07) is 0. The van der Waals surface area contributed by atoms with Crippen molar-refractivity contribution >= 4 is 11.8 Å². The highest BCUT2D eigenvalue weighted by molar-refractivity contribution is 7.99. The zero-order valence-electron chi connectivity index (χ0n) is 10.2. The zero-order chi connectivity index (χ0) is 13.9. The van der Waals surface area contributed by atoms with Gasteiger partial charge in [-0.25, -0.2) is 0 Å². The minimum atomic E-state index is -4.66. The largest absolute Gasteiger partial charge is 0.414 e. The molecule has 1 aliphatic rings. The van der Waals surface area contributed by atoms with Gasteiger partial charge in [0.1, 0.15) is 0 Å². The quantitative estimate of drug-likeness (QED) is 0.905. The molecule has 1 saturated carbocycles. The minimum Gasteiger partial charge on any atom is -0.383 e. The Balaban J connectivity index is 1.81. The van der Waals surface area contributed by atoms with Crippen LogP contribution in [0.1, 0.15) is 37.4 Å². The third kappa shape index (κ3) is 4.38. The standard InChI is InChI=1S/C11H15F3N2O2S/c12-11(13,14)8(17)5-10-15-9(16-18-10)6-19-7-3-1-2-4-7/h7-8,17H,1-6H2. The molecule has 1 aromatic heterocycles. The number of nitrogens with zero attached hydrogens (tertiary/aromatic N) is 2. The topological polar surface area (TPSA) is 59.2 Å². The first-order chi connectivity index (χ1) is 8.95. The Hall–Kier alpha value is -0.760. The molecule has 1 fully saturated rings. The lowest BCUT2D eigenvalue weighted by molar-refractivity contribution is -0.204. The van der Waals surface area contributed by atoms with Crippen molar-refractivity contribution < 1.29 is 22.8 Å². The molecule has 0 saturated heterocycles. The number of thioether (sulfide) groups is 1. The van der Waals surface area contributed by atoms with E-state index < -0.39 is 18.7 Å². The molecule has 0 radical (unpaired) electrons. The van der Waals surface area contributed by atoms with Crippen molar-refractivity contribution in [1.82, 2.24) is 10.1 Å². The van der Waals surface area contributed by atoms with Crippen LogP contribution in [0.25, 0.3) is 0 Å². The van der Waals surface area contributed by atoms with E-state index in [9.17, 15) is 13.2 Å². The summed E-state index contributed by atoms with van der Waals surface area (Å²) in [5, 5.41) is 13.1. The maximum atomic E-state index is 12.2. The lowest BCUT2D eigenvalue weighted by atomic mass is 10.2. The fourth-order valence-corrected chi connectivity index (χ4v) is 3.13. The van der Waals surface area contributed by atoms with Gasteiger partial charge in [0.2, 0.25) is 5.89 Å². The van der Waals surface area contributed by atoms with Crippen molar-refractivity contribution in [1.29, 1.82) is 0 Å². The molecule has 19 heavy (non-hydrogen) atoms. The third-order valence-electron chi connectivity index (χ3n) is 3.01. The van der Waals surface area contributed by atoms with Gasteiger partial charge < -0.3 is 9.63 Å². The average molecular weight is 296 g/mol. The second kappa shape index (κ2) is 6.13. The Labute approximate surface area is 112 Å². The number of aliphatic hydroxyl groups excluding tert-OH is 1. The molecule has 0 aliphatic heterocycles. The first-order valence-electron chi connectivity index (χ1n) is 6.13. The van der Waals surface area contributed by atoms with E-state index in [1.54, 1.807) is 11.8 Å². The summed E-state index contributed by atoms with van der Waals surface area (Å²) in [6.07, 6.45) is -3.01. The number of hydrogen-bond acceptors (Lipinski definition) is 5. The summed E-state index contributed by atoms with van der Waals surface area (Å²) >= 11 is 1.71. The number of hydrogen-bond donors (Lipinski definition) is 1. The van der Waals surface area contributed by atoms with Gasteiger partial charge in [-0.2, -0.15) is 29.9 Å². The van der Waals surface area contributed by atoms with Gasteiger partial charge in [0.05, 0.1) is 12.2 Å². The van der Waals surface area contributed by atoms with Crippen LogP contribution in [-0.4, -0.2) is 32.8 Å². The molecule has 1 aliphatic carbocycles. The monoisotopic (exact) mass is 296 g/mol. The second-order valence-corrected chi connectivity index (χ2v) is 5.87. The molecule has 8 heteroatoms. The van der Waals surface area contributed by atoms with Gasteiger partial charge >= 0.3 is 6.18 Å². The lowest BCUT2D eigenvalue weighted by Crippen LogP contribution is -2.30. The van der Waals surface area contributed by atoms with Crippen LogP contribution < -0.4 is 0 Å². The van der Waals surface area contributed by atoms with E-state index >= 15 is 0 Å². The molecule has 1 heterocycles. The Kier molecular flexibility index (Phi) is 4.72. The van der Waals surface area contributed by atoms with Crippen molar-refractivity contribution in [2.75, 3.05) is 0 Å². The molecule has 0 bridgehead atoms. The van der Waals surface area contributed by atoms with E-state index in [0.29, 0.717) is 16.8 Å². The smallest absolute Gasteiger partial charge is 0.383 e. The molecule has 1 aromatic rings. The maximum Gasteiger partial charge on any atom is 0.414 e. The summed E-state index contributed by atoms with van der Waals surface area (Å²) in [7, 11) is 0. The van der Waals surface area contributed by atoms with Gasteiger partial charge in [-0.3, -0.25) is 0 Å². The zero-order valence-corrected chi connectivity index (χ0v) is 11.0. The first kappa shape index (κ1) is 14.6. The van der Waals surface area contributed by atoms with Gasteiger partial charge in [-0.15, -0.1) is 0 Å². The molecule has 1 atom stereocenters. The van der Waals surface area contributed by atoms with E-state index in [1.165, 1.54) is 25.7 Å². The maximum absolute atomic E-state index is 12.2. The number of aromatic nitrogens is 2. The summed E-state index contributed by atoms with van der Waals surface area (Å²) in [4.78, 5) is 3.87. The third-order valence-corrected chi connectivity index (χ3v) is 4.37. The van der Waals surface area contributed by atoms with E-state index in [4.69, 9.17) is 9.63 Å². The molecule has 1 unspecified atom stereocenters. The van der Waals surface area contributed by atoms with Crippen molar-refractivity contribution in [3.05, 3.63) is 11.7 Å². The highest BCUT2D eigenvalue weighted by Gasteiger charge is 2.39. The highest BCUT2D eigenvalue weighted by atomic mass is 32.2. The van der Waals surface area contributed by atoms with Crippen molar-refractivity contribution in [3.8, 4) is 0 Å². The number of alkyl halides is 3. The summed E-state index contributed by atoms with van der Waals surface area (Å²) < 4.78 is 41.2. The molecule has 4 nitrogen and oxygen atoms in total. The van der Waals surface area contributed by atoms with Crippen molar-refractivity contribution in [2.24, 2.45) is 0 Å². The van der Waals surface area contributed by atoms with E-state index in [2.05, 4.69) is 10.1 Å². The predicted octanol–water partition coefficient (Wildman–Crippen LogP) is 2.71. The molecule has 0 amide bonds. The first-order valence-corrected chi connectivity index (χ1v) is 7.18. The van der Waals surface area contributed by atoms with E-state index in [0.717, 1.165) is 0 Å². The van der Waals surface area contributed by atoms with Crippen LogP contribution in [0.3, 0.4) is 0 Å². The van der Waals surface area contributed by atoms with Crippen LogP contribution in [0, 0.1) is 0 Å². The van der Waals surface area contributed by atoms with Crippen LogP contribution in [0.15, 0.2) is 4.52 Å². The van der Waals surface area contributed by atoms with Gasteiger partial charge in [0.15, 0.2) is 11.9 Å². The summed E-state index contributed by atoms with van der Waals surface area (Å²) in [6.45, 7) is 0. The second-order valence-electron chi connectivity index (χ2n) is 4.58. The van der Waals surface area contributed by atoms with Crippen LogP contribution in [-0.2, 0) is 12.2 Å². The number of aliphatic hydroxyl groups is 1. The molecule has 1 N–H and O–H groups in total. The Bertz CT molecular complexity index is 405. The van der Waals surface area contributed by atoms with Gasteiger partial charge in [-0.1, -0.05) is 18.0 Å². The number of halogens is 3. The molecule has 2 rings (SSSR count). The summed E-state index contributed by atoms with van der Waals surface area (Å²) in [5.41, 5.74) is 0. The molecular weight excluding hydrogens is 281 g/mol. The van der Waals surface area contributed by atoms with Crippen LogP contribution in [0.4, 0.5) is 13.2 Å². The highest BCUT2D eigenvalue weighted by Crippen LogP contribution is 2.31. The fourth-order valence-electron chi connectivity index (χ4n) is 1.96. The van der Waals surface area contributed by atoms with Crippen LogP contribution in [0.5, 0.6) is 0 Å². The van der Waals surface area contributed by atoms with Crippen molar-refractivity contribution in [2.45, 2.75) is 55.4 Å². The lowest BCUT2D eigenvalue weighted by Gasteiger charge is -2.11. The SMILES string of the molecule is OC(Cc1nc(CSC2CCCC2)no1)C(F)(F)F. The predicted molar refractivity (Wildman–Crippen MR) is 63.6 cm³/mol. The minimum absolute atomic E-state index is 0.174. The van der Waals surface area contributed by atoms with Crippen molar-refractivity contribution in [3.63, 3.8) is 0 Å². The normalized spacial score (nSPS) is 18.9. The van der Waals surface area contributed by atoms with E-state index in [-0.39, 0.29) is 5.89 Å². The van der Waals surface area contributed by atoms with E-state index in [1.807, 2.05) is 0 Å². The molecular formula is C11H15F3N2O2S. The Morgan fingerprint density at radius 3 is 2.68 bits per heavy atom. The fraction of sp³-hybridized carbons (Fsp3) is 0.818. The molecule has 108 valence electrons. The van der Waals surface area contributed by atoms with Crippen LogP contribution in [0.2, 0.25) is 0 Å². The Morgan fingerprint density at radius 1 is 1.37 bits per heavy atom. The summed E-state index contributed by atoms with van der Waals surface area (Å²) in [5.74, 6) is 0.754. The molecule has 0 aromatic carbocycles. The Morgan fingerprint density at radius 2 is 2.05 bits per heavy atom.